The summed E-state index contributed by atoms with van der Waals surface area (Å²) in [5, 5.41) is 14.4. The number of hydrogen-bond acceptors (Lipinski definition) is 3. The molecule has 2 aromatic carbocycles. The highest BCUT2D eigenvalue weighted by molar-refractivity contribution is 6.35. The van der Waals surface area contributed by atoms with Crippen molar-refractivity contribution in [1.82, 2.24) is 20.6 Å². The predicted octanol–water partition coefficient (Wildman–Crippen LogP) is 4.72. The molecule has 10 heteroatoms. The Balaban J connectivity index is 2.18. The van der Waals surface area contributed by atoms with E-state index in [1.54, 1.807) is 49.4 Å². The minimum Gasteiger partial charge on any atom is -0.464 e. The van der Waals surface area contributed by atoms with Gasteiger partial charge in [0, 0.05) is 21.2 Å². The fourth-order valence-corrected chi connectivity index (χ4v) is 3.27. The van der Waals surface area contributed by atoms with Crippen LogP contribution in [0.1, 0.15) is 16.1 Å². The molecule has 0 spiro atoms. The molecule has 0 fully saturated rings. The van der Waals surface area contributed by atoms with Gasteiger partial charge in [-0.1, -0.05) is 46.9 Å². The number of aromatic nitrogens is 2. The first-order chi connectivity index (χ1) is 13.3. The van der Waals surface area contributed by atoms with E-state index in [-0.39, 0.29) is 5.69 Å². The Hall–Kier alpha value is -2.74. The number of carboxylic acid groups (broad SMARTS) is 1. The molecular weight excluding hydrogens is 427 g/mol. The van der Waals surface area contributed by atoms with Crippen molar-refractivity contribution < 1.29 is 14.7 Å². The van der Waals surface area contributed by atoms with Gasteiger partial charge in [0.15, 0.2) is 5.69 Å². The molecule has 0 bridgehead atoms. The number of benzene rings is 2. The lowest BCUT2D eigenvalue weighted by Crippen LogP contribution is -2.41. The third-order valence-electron chi connectivity index (χ3n) is 3.88. The minimum atomic E-state index is -1.40. The molecule has 2 amide bonds. The van der Waals surface area contributed by atoms with Crippen LogP contribution in [0.5, 0.6) is 0 Å². The van der Waals surface area contributed by atoms with Crippen LogP contribution in [-0.4, -0.2) is 26.9 Å². The van der Waals surface area contributed by atoms with Gasteiger partial charge in [-0.15, -0.1) is 0 Å². The molecule has 0 aliphatic rings. The summed E-state index contributed by atoms with van der Waals surface area (Å²) < 4.78 is 1.51. The third kappa shape index (κ3) is 4.06. The average molecular weight is 440 g/mol. The number of carbonyl (C=O) groups excluding carboxylic acids is 1. The Morgan fingerprint density at radius 2 is 1.64 bits per heavy atom. The maximum Gasteiger partial charge on any atom is 0.423 e. The van der Waals surface area contributed by atoms with Crippen molar-refractivity contribution in [2.45, 2.75) is 6.92 Å². The number of hydrazine groups is 1. The van der Waals surface area contributed by atoms with Crippen molar-refractivity contribution in [3.63, 3.8) is 0 Å². The van der Waals surface area contributed by atoms with E-state index in [0.29, 0.717) is 32.0 Å². The van der Waals surface area contributed by atoms with Crippen LogP contribution in [0.4, 0.5) is 4.79 Å². The summed E-state index contributed by atoms with van der Waals surface area (Å²) in [7, 11) is 0. The normalized spacial score (nSPS) is 10.6. The molecule has 3 N–H and O–H groups in total. The average Bonchev–Trinajstić information content (AvgIpc) is 2.97. The summed E-state index contributed by atoms with van der Waals surface area (Å²) in [6, 6.07) is 11.9. The maximum atomic E-state index is 12.4. The van der Waals surface area contributed by atoms with Gasteiger partial charge in [0.2, 0.25) is 0 Å². The summed E-state index contributed by atoms with van der Waals surface area (Å²) in [5.41, 5.74) is 6.29. The second-order valence-electron chi connectivity index (χ2n) is 5.72. The van der Waals surface area contributed by atoms with Gasteiger partial charge in [0.25, 0.3) is 5.91 Å². The van der Waals surface area contributed by atoms with Gasteiger partial charge in [0.1, 0.15) is 0 Å². The number of hydrogen-bond donors (Lipinski definition) is 3. The Morgan fingerprint density at radius 3 is 2.25 bits per heavy atom. The molecule has 28 heavy (non-hydrogen) atoms. The van der Waals surface area contributed by atoms with E-state index in [1.165, 1.54) is 4.68 Å². The molecule has 0 atom stereocenters. The molecular formula is C18H13Cl3N4O3. The predicted molar refractivity (Wildman–Crippen MR) is 107 cm³/mol. The van der Waals surface area contributed by atoms with Crippen molar-refractivity contribution >= 4 is 46.8 Å². The highest BCUT2D eigenvalue weighted by Gasteiger charge is 2.23. The van der Waals surface area contributed by atoms with Gasteiger partial charge >= 0.3 is 6.09 Å². The first-order valence-electron chi connectivity index (χ1n) is 7.88. The number of rotatable bonds is 3. The van der Waals surface area contributed by atoms with Gasteiger partial charge < -0.3 is 5.11 Å². The smallest absolute Gasteiger partial charge is 0.423 e. The Kier molecular flexibility index (Phi) is 5.79. The number of nitrogens with one attached hydrogen (secondary N) is 2. The van der Waals surface area contributed by atoms with Crippen molar-refractivity contribution in [3.8, 4) is 16.9 Å². The monoisotopic (exact) mass is 438 g/mol. The van der Waals surface area contributed by atoms with Crippen molar-refractivity contribution in [2.24, 2.45) is 0 Å². The fraction of sp³-hybridized carbons (Fsp3) is 0.0556. The summed E-state index contributed by atoms with van der Waals surface area (Å²) in [4.78, 5) is 23.1. The largest absolute Gasteiger partial charge is 0.464 e. The summed E-state index contributed by atoms with van der Waals surface area (Å²) >= 11 is 18.3. The first kappa shape index (κ1) is 20.0. The standard InChI is InChI=1S/C18H13Cl3N4O3/c1-9-15(17(26)22-23-18(27)28)24-25(14-7-6-12(20)8-13(14)21)16(9)10-2-4-11(19)5-3-10/h2-8,23H,1H3,(H,22,26)(H,27,28). The lowest BCUT2D eigenvalue weighted by Gasteiger charge is -2.11. The molecule has 0 unspecified atom stereocenters. The Bertz CT molecular complexity index is 1060. The molecule has 0 saturated carbocycles. The zero-order valence-corrected chi connectivity index (χ0v) is 16.6. The second kappa shape index (κ2) is 8.10. The molecule has 7 nitrogen and oxygen atoms in total. The van der Waals surface area contributed by atoms with E-state index in [0.717, 1.165) is 5.56 Å². The zero-order chi connectivity index (χ0) is 20.4. The van der Waals surface area contributed by atoms with E-state index in [4.69, 9.17) is 39.9 Å². The van der Waals surface area contributed by atoms with E-state index in [2.05, 4.69) is 10.5 Å². The highest BCUT2D eigenvalue weighted by Crippen LogP contribution is 2.33. The number of carbonyl (C=O) groups is 2. The van der Waals surface area contributed by atoms with Gasteiger partial charge in [-0.3, -0.25) is 10.2 Å². The van der Waals surface area contributed by atoms with Gasteiger partial charge in [-0.05, 0) is 37.3 Å². The summed E-state index contributed by atoms with van der Waals surface area (Å²) in [5.74, 6) is -0.709. The summed E-state index contributed by atoms with van der Waals surface area (Å²) in [6.45, 7) is 1.70. The topological polar surface area (TPSA) is 96.2 Å². The Labute approximate surface area is 174 Å². The molecule has 3 rings (SSSR count). The van der Waals surface area contributed by atoms with Crippen LogP contribution in [0, 0.1) is 6.92 Å². The molecule has 0 aliphatic heterocycles. The molecule has 0 aliphatic carbocycles. The van der Waals surface area contributed by atoms with Crippen LogP contribution in [-0.2, 0) is 0 Å². The number of halogens is 3. The quantitative estimate of drug-likeness (QED) is 0.514. The lowest BCUT2D eigenvalue weighted by atomic mass is 10.1. The molecule has 0 saturated heterocycles. The Morgan fingerprint density at radius 1 is 1.00 bits per heavy atom. The van der Waals surface area contributed by atoms with E-state index < -0.39 is 12.0 Å². The van der Waals surface area contributed by atoms with Gasteiger partial charge in [-0.25, -0.2) is 14.9 Å². The first-order valence-corrected chi connectivity index (χ1v) is 9.01. The molecule has 0 radical (unpaired) electrons. The van der Waals surface area contributed by atoms with Crippen molar-refractivity contribution in [1.29, 1.82) is 0 Å². The van der Waals surface area contributed by atoms with Crippen molar-refractivity contribution in [3.05, 3.63) is 68.8 Å². The van der Waals surface area contributed by atoms with Gasteiger partial charge in [-0.2, -0.15) is 5.10 Å². The van der Waals surface area contributed by atoms with Gasteiger partial charge in [0.05, 0.1) is 16.4 Å². The number of nitrogens with zero attached hydrogens (tertiary/aromatic N) is 2. The van der Waals surface area contributed by atoms with Crippen LogP contribution in [0.25, 0.3) is 16.9 Å². The second-order valence-corrected chi connectivity index (χ2v) is 7.00. The lowest BCUT2D eigenvalue weighted by molar-refractivity contribution is 0.0920. The number of amides is 2. The summed E-state index contributed by atoms with van der Waals surface area (Å²) in [6.07, 6.45) is -1.40. The SMILES string of the molecule is Cc1c(C(=O)NNC(=O)O)nn(-c2ccc(Cl)cc2Cl)c1-c1ccc(Cl)cc1. The molecule has 1 aromatic heterocycles. The maximum absolute atomic E-state index is 12.4. The fourth-order valence-electron chi connectivity index (χ4n) is 2.66. The zero-order valence-electron chi connectivity index (χ0n) is 14.3. The van der Waals surface area contributed by atoms with Crippen LogP contribution < -0.4 is 10.9 Å². The van der Waals surface area contributed by atoms with E-state index in [9.17, 15) is 9.59 Å². The van der Waals surface area contributed by atoms with E-state index >= 15 is 0 Å². The van der Waals surface area contributed by atoms with Crippen LogP contribution >= 0.6 is 34.8 Å². The molecule has 144 valence electrons. The molecule has 3 aromatic rings. The molecule has 1 heterocycles. The third-order valence-corrected chi connectivity index (χ3v) is 4.67. The van der Waals surface area contributed by atoms with E-state index in [1.807, 2.05) is 5.43 Å². The van der Waals surface area contributed by atoms with Crippen LogP contribution in [0.3, 0.4) is 0 Å². The van der Waals surface area contributed by atoms with Crippen LogP contribution in [0.2, 0.25) is 15.1 Å². The van der Waals surface area contributed by atoms with Crippen LogP contribution in [0.15, 0.2) is 42.5 Å². The highest BCUT2D eigenvalue weighted by atomic mass is 35.5. The van der Waals surface area contributed by atoms with Crippen molar-refractivity contribution in [2.75, 3.05) is 0 Å². The minimum absolute atomic E-state index is 0.0321.